The number of carbonyl (C=O) groups is 1. The van der Waals surface area contributed by atoms with Gasteiger partial charge >= 0.3 is 0 Å². The topological polar surface area (TPSA) is 20.3 Å². The van der Waals surface area contributed by atoms with Crippen LogP contribution in [0.15, 0.2) is 0 Å². The van der Waals surface area contributed by atoms with Crippen LogP contribution in [-0.2, 0) is 4.79 Å². The number of hydrogen-bond acceptors (Lipinski definition) is 2. The van der Waals surface area contributed by atoms with Crippen molar-refractivity contribution in [2.45, 2.75) is 58.0 Å². The Kier molecular flexibility index (Phi) is 1.74. The highest BCUT2D eigenvalue weighted by molar-refractivity contribution is 5.90. The molecule has 3 aliphatic rings. The molecule has 2 heteroatoms. The normalized spacial score (nSPS) is 45.1. The lowest BCUT2D eigenvalue weighted by atomic mass is 9.83. The van der Waals surface area contributed by atoms with E-state index >= 15 is 0 Å². The Balaban J connectivity index is 1.93. The van der Waals surface area contributed by atoms with E-state index in [0.717, 1.165) is 18.9 Å². The van der Waals surface area contributed by atoms with Crippen LogP contribution in [0.4, 0.5) is 0 Å². The summed E-state index contributed by atoms with van der Waals surface area (Å²) in [6.45, 7) is 7.84. The summed E-state index contributed by atoms with van der Waals surface area (Å²) in [4.78, 5) is 14.7. The third-order valence-electron chi connectivity index (χ3n) is 4.87. The van der Waals surface area contributed by atoms with Crippen molar-refractivity contribution in [2.24, 2.45) is 11.3 Å². The maximum Gasteiger partial charge on any atom is 0.142 e. The summed E-state index contributed by atoms with van der Waals surface area (Å²) in [6.07, 6.45) is 4.55. The molecule has 0 N–H and O–H groups in total. The maximum absolute atomic E-state index is 12.1. The number of hydrogen-bond donors (Lipinski definition) is 0. The summed E-state index contributed by atoms with van der Waals surface area (Å²) in [6, 6.07) is 0.573. The van der Waals surface area contributed by atoms with E-state index in [0.29, 0.717) is 11.8 Å². The van der Waals surface area contributed by atoms with E-state index in [1.54, 1.807) is 0 Å². The second-order valence-electron chi connectivity index (χ2n) is 6.57. The largest absolute Gasteiger partial charge is 0.299 e. The zero-order chi connectivity index (χ0) is 10.8. The maximum atomic E-state index is 12.1. The minimum atomic E-state index is 0.130. The van der Waals surface area contributed by atoms with E-state index in [9.17, 15) is 4.79 Å². The minimum absolute atomic E-state index is 0.130. The second kappa shape index (κ2) is 2.65. The van der Waals surface area contributed by atoms with Gasteiger partial charge in [-0.05, 0) is 46.0 Å². The molecule has 0 bridgehead atoms. The van der Waals surface area contributed by atoms with Gasteiger partial charge in [0.05, 0.1) is 0 Å². The van der Waals surface area contributed by atoms with Gasteiger partial charge in [0.25, 0.3) is 0 Å². The molecule has 2 saturated carbocycles. The number of ketones is 1. The number of Topliss-reactive ketones (excluding diaryl/α,β-unsaturated/α-hetero) is 1. The molecule has 2 nitrogen and oxygen atoms in total. The van der Waals surface area contributed by atoms with Gasteiger partial charge in [-0.1, -0.05) is 0 Å². The molecule has 84 valence electrons. The lowest BCUT2D eigenvalue weighted by Gasteiger charge is -2.47. The van der Waals surface area contributed by atoms with E-state index in [-0.39, 0.29) is 11.0 Å². The van der Waals surface area contributed by atoms with Crippen LogP contribution >= 0.6 is 0 Å². The van der Waals surface area contributed by atoms with Crippen molar-refractivity contribution in [1.29, 1.82) is 0 Å². The molecule has 15 heavy (non-hydrogen) atoms. The van der Waals surface area contributed by atoms with Gasteiger partial charge in [0.15, 0.2) is 0 Å². The van der Waals surface area contributed by atoms with Crippen molar-refractivity contribution in [3.8, 4) is 0 Å². The standard InChI is InChI=1S/C13H21NO/c1-12(2,3)14-7-6-11(15)13-8-9(13)4-5-10(13)14/h9-10H,4-8H2,1-3H3/t9-,10+,13-/m1/s1. The van der Waals surface area contributed by atoms with Crippen molar-refractivity contribution in [1.82, 2.24) is 4.90 Å². The van der Waals surface area contributed by atoms with Gasteiger partial charge in [-0.15, -0.1) is 0 Å². The highest BCUT2D eigenvalue weighted by atomic mass is 16.1. The van der Waals surface area contributed by atoms with E-state index in [2.05, 4.69) is 25.7 Å². The predicted molar refractivity (Wildman–Crippen MR) is 59.6 cm³/mol. The average Bonchev–Trinajstić information content (AvgIpc) is 2.73. The van der Waals surface area contributed by atoms with Crippen LogP contribution in [0.5, 0.6) is 0 Å². The number of nitrogens with zero attached hydrogens (tertiary/aromatic N) is 1. The summed E-state index contributed by atoms with van der Waals surface area (Å²) in [7, 11) is 0. The summed E-state index contributed by atoms with van der Waals surface area (Å²) < 4.78 is 0. The smallest absolute Gasteiger partial charge is 0.142 e. The molecular formula is C13H21NO. The summed E-state index contributed by atoms with van der Waals surface area (Å²) >= 11 is 0. The van der Waals surface area contributed by atoms with Gasteiger partial charge < -0.3 is 0 Å². The Labute approximate surface area is 92.0 Å². The first-order valence-corrected chi connectivity index (χ1v) is 6.26. The Morgan fingerprint density at radius 3 is 2.67 bits per heavy atom. The van der Waals surface area contributed by atoms with Crippen molar-refractivity contribution < 1.29 is 4.79 Å². The first-order valence-electron chi connectivity index (χ1n) is 6.26. The molecule has 0 amide bonds. The Morgan fingerprint density at radius 1 is 1.33 bits per heavy atom. The third kappa shape index (κ3) is 1.12. The van der Waals surface area contributed by atoms with E-state index in [1.807, 2.05) is 0 Å². The number of likely N-dealkylation sites (tertiary alicyclic amines) is 1. The van der Waals surface area contributed by atoms with Gasteiger partial charge in [0.2, 0.25) is 0 Å². The van der Waals surface area contributed by atoms with Gasteiger partial charge in [-0.25, -0.2) is 0 Å². The third-order valence-corrected chi connectivity index (χ3v) is 4.87. The van der Waals surface area contributed by atoms with E-state index in [4.69, 9.17) is 0 Å². The molecule has 3 rings (SSSR count). The van der Waals surface area contributed by atoms with Crippen LogP contribution < -0.4 is 0 Å². The van der Waals surface area contributed by atoms with Crippen LogP contribution in [-0.4, -0.2) is 28.8 Å². The quantitative estimate of drug-likeness (QED) is 0.607. The number of piperidine rings is 1. The molecular weight excluding hydrogens is 186 g/mol. The summed E-state index contributed by atoms with van der Waals surface area (Å²) in [5, 5.41) is 0. The van der Waals surface area contributed by atoms with Gasteiger partial charge in [-0.3, -0.25) is 9.69 Å². The lowest BCUT2D eigenvalue weighted by molar-refractivity contribution is -0.133. The van der Waals surface area contributed by atoms with Gasteiger partial charge in [0.1, 0.15) is 5.78 Å². The zero-order valence-electron chi connectivity index (χ0n) is 10.0. The molecule has 1 aliphatic heterocycles. The van der Waals surface area contributed by atoms with E-state index < -0.39 is 0 Å². The SMILES string of the molecule is CC(C)(C)N1CCC(=O)[C@]23C[C@H]2CC[C@H]13. The van der Waals surface area contributed by atoms with Crippen molar-refractivity contribution in [3.05, 3.63) is 0 Å². The molecule has 1 saturated heterocycles. The van der Waals surface area contributed by atoms with Crippen molar-refractivity contribution in [3.63, 3.8) is 0 Å². The molecule has 1 spiro atoms. The van der Waals surface area contributed by atoms with Crippen LogP contribution in [0.25, 0.3) is 0 Å². The number of carbonyl (C=O) groups excluding carboxylic acids is 1. The molecule has 0 radical (unpaired) electrons. The van der Waals surface area contributed by atoms with E-state index in [1.165, 1.54) is 19.3 Å². The van der Waals surface area contributed by atoms with Crippen LogP contribution in [0, 0.1) is 11.3 Å². The Hall–Kier alpha value is -0.370. The Morgan fingerprint density at radius 2 is 2.07 bits per heavy atom. The fourth-order valence-electron chi connectivity index (χ4n) is 4.11. The van der Waals surface area contributed by atoms with Crippen LogP contribution in [0.3, 0.4) is 0 Å². The highest BCUT2D eigenvalue weighted by Crippen LogP contribution is 2.67. The Bertz CT molecular complexity index is 317. The molecule has 2 aliphatic carbocycles. The van der Waals surface area contributed by atoms with Crippen molar-refractivity contribution in [2.75, 3.05) is 6.54 Å². The molecule has 0 aromatic rings. The fourth-order valence-corrected chi connectivity index (χ4v) is 4.11. The first kappa shape index (κ1) is 9.83. The van der Waals surface area contributed by atoms with Crippen molar-refractivity contribution >= 4 is 5.78 Å². The molecule has 0 aromatic heterocycles. The minimum Gasteiger partial charge on any atom is -0.299 e. The molecule has 1 heterocycles. The highest BCUT2D eigenvalue weighted by Gasteiger charge is 2.69. The fraction of sp³-hybridized carbons (Fsp3) is 0.923. The lowest BCUT2D eigenvalue weighted by Crippen LogP contribution is -2.56. The van der Waals surface area contributed by atoms with Crippen LogP contribution in [0.2, 0.25) is 0 Å². The molecule has 3 atom stereocenters. The summed E-state index contributed by atoms with van der Waals surface area (Å²) in [5.41, 5.74) is 0.362. The second-order valence-corrected chi connectivity index (χ2v) is 6.57. The molecule has 0 unspecified atom stereocenters. The monoisotopic (exact) mass is 207 g/mol. The van der Waals surface area contributed by atoms with Crippen LogP contribution in [0.1, 0.15) is 46.5 Å². The average molecular weight is 207 g/mol. The molecule has 3 fully saturated rings. The summed E-state index contributed by atoms with van der Waals surface area (Å²) in [5.74, 6) is 1.33. The predicted octanol–water partition coefficient (Wildman–Crippen LogP) is 2.23. The molecule has 0 aromatic carbocycles. The van der Waals surface area contributed by atoms with Gasteiger partial charge in [-0.2, -0.15) is 0 Å². The number of rotatable bonds is 0. The van der Waals surface area contributed by atoms with Gasteiger partial charge in [0, 0.05) is 30.0 Å². The zero-order valence-corrected chi connectivity index (χ0v) is 10.0. The first-order chi connectivity index (χ1) is 6.96.